The lowest BCUT2D eigenvalue weighted by molar-refractivity contribution is -0.130. The number of carbonyl (C=O) groups is 2. The molecule has 0 spiro atoms. The number of hydrazone groups is 1. The minimum atomic E-state index is -0.180. The Labute approximate surface area is 175 Å². The number of nitrogens with zero attached hydrogens (tertiary/aromatic N) is 5. The van der Waals surface area contributed by atoms with Gasteiger partial charge in [-0.1, -0.05) is 48.5 Å². The molecule has 152 valence electrons. The zero-order valence-electron chi connectivity index (χ0n) is 17.0. The van der Waals surface area contributed by atoms with Crippen LogP contribution in [-0.4, -0.2) is 51.3 Å². The van der Waals surface area contributed by atoms with Gasteiger partial charge in [-0.05, 0) is 12.1 Å². The van der Waals surface area contributed by atoms with Crippen LogP contribution in [-0.2, 0) is 16.1 Å². The number of benzene rings is 2. The number of para-hydroxylation sites is 1. The van der Waals surface area contributed by atoms with Crippen LogP contribution in [0.25, 0.3) is 16.9 Å². The third-order valence-electron chi connectivity index (χ3n) is 5.07. The molecule has 0 unspecified atom stereocenters. The van der Waals surface area contributed by atoms with Crippen LogP contribution < -0.4 is 0 Å². The average Bonchev–Trinajstić information content (AvgIpc) is 3.20. The maximum absolute atomic E-state index is 12.9. The van der Waals surface area contributed by atoms with Gasteiger partial charge in [0.05, 0.1) is 11.4 Å². The van der Waals surface area contributed by atoms with Crippen LogP contribution in [0, 0.1) is 0 Å². The van der Waals surface area contributed by atoms with E-state index in [1.165, 1.54) is 5.01 Å². The fraction of sp³-hybridized carbons (Fsp3) is 0.217. The Hall–Kier alpha value is -3.74. The summed E-state index contributed by atoms with van der Waals surface area (Å²) in [5, 5.41) is 10.2. The highest BCUT2D eigenvalue weighted by atomic mass is 16.2. The summed E-state index contributed by atoms with van der Waals surface area (Å²) in [7, 11) is 3.32. The first-order valence-corrected chi connectivity index (χ1v) is 9.82. The van der Waals surface area contributed by atoms with Crippen molar-refractivity contribution in [3.63, 3.8) is 0 Å². The fourth-order valence-electron chi connectivity index (χ4n) is 3.45. The van der Waals surface area contributed by atoms with Gasteiger partial charge in [0.25, 0.3) is 5.91 Å². The molecule has 2 heterocycles. The Morgan fingerprint density at radius 2 is 1.70 bits per heavy atom. The summed E-state index contributed by atoms with van der Waals surface area (Å²) in [4.78, 5) is 26.2. The molecule has 0 aliphatic carbocycles. The van der Waals surface area contributed by atoms with E-state index in [1.807, 2.05) is 71.5 Å². The predicted molar refractivity (Wildman–Crippen MR) is 115 cm³/mol. The molecule has 2 aromatic carbocycles. The number of rotatable bonds is 5. The van der Waals surface area contributed by atoms with Gasteiger partial charge in [-0.3, -0.25) is 9.59 Å². The van der Waals surface area contributed by atoms with Crippen molar-refractivity contribution < 1.29 is 9.59 Å². The van der Waals surface area contributed by atoms with Gasteiger partial charge in [-0.25, -0.2) is 9.69 Å². The predicted octanol–water partition coefficient (Wildman–Crippen LogP) is 3.11. The van der Waals surface area contributed by atoms with Crippen molar-refractivity contribution in [1.82, 2.24) is 19.7 Å². The van der Waals surface area contributed by atoms with Crippen molar-refractivity contribution in [3.05, 3.63) is 72.4 Å². The van der Waals surface area contributed by atoms with E-state index in [4.69, 9.17) is 5.10 Å². The van der Waals surface area contributed by atoms with E-state index in [9.17, 15) is 9.59 Å². The number of carbonyl (C=O) groups excluding carboxylic acids is 2. The van der Waals surface area contributed by atoms with Crippen molar-refractivity contribution in [2.45, 2.75) is 19.4 Å². The summed E-state index contributed by atoms with van der Waals surface area (Å²) in [6.07, 6.45) is 2.62. The summed E-state index contributed by atoms with van der Waals surface area (Å²) in [5.74, 6) is -0.259. The Kier molecular flexibility index (Phi) is 5.43. The summed E-state index contributed by atoms with van der Waals surface area (Å²) < 4.78 is 1.83. The lowest BCUT2D eigenvalue weighted by Gasteiger charge is -2.23. The molecule has 1 aliphatic heterocycles. The second-order valence-corrected chi connectivity index (χ2v) is 7.27. The van der Waals surface area contributed by atoms with Crippen LogP contribution in [0.15, 0.2) is 72.0 Å². The van der Waals surface area contributed by atoms with Crippen molar-refractivity contribution in [2.75, 3.05) is 14.1 Å². The van der Waals surface area contributed by atoms with Gasteiger partial charge in [-0.15, -0.1) is 0 Å². The molecule has 3 aromatic rings. The number of hydrogen-bond acceptors (Lipinski definition) is 4. The molecular weight excluding hydrogens is 378 g/mol. The van der Waals surface area contributed by atoms with E-state index < -0.39 is 0 Å². The van der Waals surface area contributed by atoms with Gasteiger partial charge in [0.2, 0.25) is 5.91 Å². The van der Waals surface area contributed by atoms with Gasteiger partial charge >= 0.3 is 0 Å². The van der Waals surface area contributed by atoms with Crippen molar-refractivity contribution >= 4 is 17.5 Å². The van der Waals surface area contributed by atoms with Crippen LogP contribution in [0.4, 0.5) is 0 Å². The van der Waals surface area contributed by atoms with Crippen LogP contribution in [0.5, 0.6) is 0 Å². The maximum Gasteiger partial charge on any atom is 0.270 e. The molecule has 1 aliphatic rings. The van der Waals surface area contributed by atoms with Crippen LogP contribution >= 0.6 is 0 Å². The number of hydrogen-bond donors (Lipinski definition) is 0. The zero-order chi connectivity index (χ0) is 21.1. The van der Waals surface area contributed by atoms with Crippen LogP contribution in [0.1, 0.15) is 18.4 Å². The fourth-order valence-corrected chi connectivity index (χ4v) is 3.45. The molecule has 0 saturated carbocycles. The minimum absolute atomic E-state index is 0.0790. The van der Waals surface area contributed by atoms with Gasteiger partial charge in [0.1, 0.15) is 5.71 Å². The van der Waals surface area contributed by atoms with E-state index in [2.05, 4.69) is 5.10 Å². The zero-order valence-corrected chi connectivity index (χ0v) is 17.0. The molecule has 2 amide bonds. The summed E-state index contributed by atoms with van der Waals surface area (Å²) in [6.45, 7) is 0.382. The normalized spacial score (nSPS) is 13.9. The van der Waals surface area contributed by atoms with E-state index in [0.29, 0.717) is 25.1 Å². The first kappa shape index (κ1) is 19.6. The molecule has 4 rings (SSSR count). The van der Waals surface area contributed by atoms with Gasteiger partial charge < -0.3 is 4.90 Å². The molecule has 0 N–H and O–H groups in total. The standard InChI is InChI=1S/C23H23N5O2/c1-26(23(30)20-13-14-21(29)27(2)24-20)15-18-16-28(19-11-7-4-8-12-19)25-22(18)17-9-5-3-6-10-17/h3-12,16H,13-15H2,1-2H3. The molecule has 7 nitrogen and oxygen atoms in total. The Bertz CT molecular complexity index is 1090. The molecular formula is C23H23N5O2. The van der Waals surface area contributed by atoms with Crippen molar-refractivity contribution in [2.24, 2.45) is 5.10 Å². The van der Waals surface area contributed by atoms with Gasteiger partial charge in [0.15, 0.2) is 0 Å². The van der Waals surface area contributed by atoms with Gasteiger partial charge in [-0.2, -0.15) is 10.2 Å². The van der Waals surface area contributed by atoms with Crippen molar-refractivity contribution in [1.29, 1.82) is 0 Å². The minimum Gasteiger partial charge on any atom is -0.336 e. The first-order chi connectivity index (χ1) is 14.5. The van der Waals surface area contributed by atoms with E-state index in [1.54, 1.807) is 19.0 Å². The molecule has 0 saturated heterocycles. The largest absolute Gasteiger partial charge is 0.336 e. The second-order valence-electron chi connectivity index (χ2n) is 7.27. The highest BCUT2D eigenvalue weighted by molar-refractivity contribution is 6.39. The highest BCUT2D eigenvalue weighted by Crippen LogP contribution is 2.25. The molecule has 0 radical (unpaired) electrons. The lowest BCUT2D eigenvalue weighted by Crippen LogP contribution is -2.38. The summed E-state index contributed by atoms with van der Waals surface area (Å²) in [5.41, 5.74) is 4.10. The maximum atomic E-state index is 12.9. The average molecular weight is 401 g/mol. The SMILES string of the molecule is CN(Cc1cn(-c2ccccc2)nc1-c1ccccc1)C(=O)C1=NN(C)C(=O)CC1. The summed E-state index contributed by atoms with van der Waals surface area (Å²) >= 11 is 0. The lowest BCUT2D eigenvalue weighted by atomic mass is 10.1. The molecule has 30 heavy (non-hydrogen) atoms. The molecule has 1 aromatic heterocycles. The Morgan fingerprint density at radius 1 is 1.03 bits per heavy atom. The van der Waals surface area contributed by atoms with Gasteiger partial charge in [0, 0.05) is 50.8 Å². The highest BCUT2D eigenvalue weighted by Gasteiger charge is 2.25. The molecule has 0 fully saturated rings. The smallest absolute Gasteiger partial charge is 0.270 e. The molecule has 0 atom stereocenters. The van der Waals surface area contributed by atoms with Crippen LogP contribution in [0.2, 0.25) is 0 Å². The van der Waals surface area contributed by atoms with Crippen LogP contribution in [0.3, 0.4) is 0 Å². The second kappa shape index (κ2) is 8.32. The summed E-state index contributed by atoms with van der Waals surface area (Å²) in [6, 6.07) is 19.8. The van der Waals surface area contributed by atoms with E-state index >= 15 is 0 Å². The quantitative estimate of drug-likeness (QED) is 0.660. The Morgan fingerprint density at radius 3 is 2.37 bits per heavy atom. The molecule has 0 bridgehead atoms. The third kappa shape index (κ3) is 4.00. The third-order valence-corrected chi connectivity index (χ3v) is 5.07. The Balaban J connectivity index is 1.64. The topological polar surface area (TPSA) is 70.8 Å². The van der Waals surface area contributed by atoms with E-state index in [-0.39, 0.29) is 11.8 Å². The monoisotopic (exact) mass is 401 g/mol. The number of amides is 2. The van der Waals surface area contributed by atoms with Crippen molar-refractivity contribution in [3.8, 4) is 16.9 Å². The number of aromatic nitrogens is 2. The first-order valence-electron chi connectivity index (χ1n) is 9.82. The van der Waals surface area contributed by atoms with E-state index in [0.717, 1.165) is 22.5 Å². The molecule has 7 heteroatoms.